The van der Waals surface area contributed by atoms with E-state index in [1.165, 1.54) is 9.40 Å². The van der Waals surface area contributed by atoms with Crippen LogP contribution >= 0.6 is 22.7 Å². The first kappa shape index (κ1) is 16.1. The molecule has 1 saturated carbocycles. The maximum Gasteiger partial charge on any atom is 0.264 e. The van der Waals surface area contributed by atoms with Gasteiger partial charge in [-0.1, -0.05) is 0 Å². The molecule has 2 fully saturated rings. The number of carbonyl (C=O) groups is 2. The molecular formula is C17H21N3O2S2. The van der Waals surface area contributed by atoms with Gasteiger partial charge in [0, 0.05) is 47.5 Å². The monoisotopic (exact) mass is 363 g/mol. The normalized spacial score (nSPS) is 24.7. The Morgan fingerprint density at radius 2 is 1.83 bits per heavy atom. The number of carbonyl (C=O) groups excluding carboxylic acids is 2. The van der Waals surface area contributed by atoms with Gasteiger partial charge in [0.25, 0.3) is 5.91 Å². The fourth-order valence-electron chi connectivity index (χ4n) is 3.66. The van der Waals surface area contributed by atoms with Gasteiger partial charge in [-0.3, -0.25) is 9.59 Å². The molecule has 4 rings (SSSR count). The maximum atomic E-state index is 12.7. The summed E-state index contributed by atoms with van der Waals surface area (Å²) >= 11 is 3.23. The minimum absolute atomic E-state index is 0.0892. The Bertz CT molecular complexity index is 732. The molecule has 128 valence electrons. The summed E-state index contributed by atoms with van der Waals surface area (Å²) in [6, 6.07) is 4.23. The lowest BCUT2D eigenvalue weighted by Crippen LogP contribution is -2.51. The van der Waals surface area contributed by atoms with Gasteiger partial charge in [-0.05, 0) is 36.8 Å². The van der Waals surface area contributed by atoms with Crippen molar-refractivity contribution in [2.24, 2.45) is 11.7 Å². The van der Waals surface area contributed by atoms with E-state index in [9.17, 15) is 9.59 Å². The van der Waals surface area contributed by atoms with Crippen molar-refractivity contribution < 1.29 is 9.59 Å². The van der Waals surface area contributed by atoms with Crippen molar-refractivity contribution in [3.8, 4) is 0 Å². The Morgan fingerprint density at radius 3 is 2.50 bits per heavy atom. The lowest BCUT2D eigenvalue weighted by molar-refractivity contribution is -0.136. The van der Waals surface area contributed by atoms with Crippen molar-refractivity contribution >= 4 is 43.9 Å². The summed E-state index contributed by atoms with van der Waals surface area (Å²) in [7, 11) is 0. The van der Waals surface area contributed by atoms with E-state index < -0.39 is 0 Å². The third-order valence-corrected chi connectivity index (χ3v) is 7.13. The van der Waals surface area contributed by atoms with E-state index in [2.05, 4.69) is 11.4 Å². The number of fused-ring (bicyclic) bond motifs is 1. The van der Waals surface area contributed by atoms with Crippen LogP contribution in [-0.2, 0) is 4.79 Å². The van der Waals surface area contributed by atoms with Crippen LogP contribution in [0.3, 0.4) is 0 Å². The van der Waals surface area contributed by atoms with E-state index in [0.717, 1.165) is 24.1 Å². The summed E-state index contributed by atoms with van der Waals surface area (Å²) in [6.45, 7) is 2.51. The van der Waals surface area contributed by atoms with Crippen LogP contribution in [0.2, 0.25) is 0 Å². The van der Waals surface area contributed by atoms with Crippen molar-refractivity contribution in [2.75, 3.05) is 26.2 Å². The summed E-state index contributed by atoms with van der Waals surface area (Å²) in [5.74, 6) is 0.413. The number of hydrogen-bond acceptors (Lipinski definition) is 5. The Morgan fingerprint density at radius 1 is 1.08 bits per heavy atom. The molecule has 7 heteroatoms. The molecule has 2 aliphatic rings. The van der Waals surface area contributed by atoms with E-state index >= 15 is 0 Å². The van der Waals surface area contributed by atoms with Gasteiger partial charge < -0.3 is 15.5 Å². The van der Waals surface area contributed by atoms with Crippen LogP contribution in [0.4, 0.5) is 0 Å². The Kier molecular flexibility index (Phi) is 4.32. The first-order valence-electron chi connectivity index (χ1n) is 8.42. The van der Waals surface area contributed by atoms with Crippen molar-refractivity contribution in [3.63, 3.8) is 0 Å². The molecule has 1 aliphatic carbocycles. The number of nitrogens with two attached hydrogens (primary N) is 1. The second-order valence-corrected chi connectivity index (χ2v) is 8.68. The summed E-state index contributed by atoms with van der Waals surface area (Å²) < 4.78 is 2.35. The van der Waals surface area contributed by atoms with Gasteiger partial charge in [0.15, 0.2) is 0 Å². The molecular weight excluding hydrogens is 342 g/mol. The van der Waals surface area contributed by atoms with Crippen molar-refractivity contribution in [1.29, 1.82) is 0 Å². The van der Waals surface area contributed by atoms with Crippen molar-refractivity contribution in [3.05, 3.63) is 22.4 Å². The molecule has 1 saturated heterocycles. The topological polar surface area (TPSA) is 66.6 Å². The number of thiophene rings is 2. The molecule has 0 bridgehead atoms. The van der Waals surface area contributed by atoms with Crippen LogP contribution < -0.4 is 5.73 Å². The van der Waals surface area contributed by atoms with E-state index in [0.29, 0.717) is 26.2 Å². The smallest absolute Gasteiger partial charge is 0.264 e. The molecule has 2 aromatic rings. The lowest BCUT2D eigenvalue weighted by Gasteiger charge is -2.35. The predicted octanol–water partition coefficient (Wildman–Crippen LogP) is 2.37. The van der Waals surface area contributed by atoms with Gasteiger partial charge in [0.1, 0.15) is 0 Å². The van der Waals surface area contributed by atoms with E-state index in [-0.39, 0.29) is 23.8 Å². The molecule has 24 heavy (non-hydrogen) atoms. The first-order valence-corrected chi connectivity index (χ1v) is 10.1. The molecule has 0 spiro atoms. The lowest BCUT2D eigenvalue weighted by atomic mass is 10.1. The third-order valence-electron chi connectivity index (χ3n) is 5.05. The van der Waals surface area contributed by atoms with Gasteiger partial charge >= 0.3 is 0 Å². The Hall–Kier alpha value is -1.44. The molecule has 2 atom stereocenters. The summed E-state index contributed by atoms with van der Waals surface area (Å²) in [5, 5.41) is 2.05. The van der Waals surface area contributed by atoms with Gasteiger partial charge in [0.05, 0.1) is 4.88 Å². The highest BCUT2D eigenvalue weighted by Crippen LogP contribution is 2.31. The zero-order chi connectivity index (χ0) is 16.7. The standard InChI is InChI=1S/C17H21N3O2S2/c18-12-2-1-11(9-12)16(21)19-4-6-20(7-5-19)17(22)15-10-14-13(24-15)3-8-23-14/h3,8,10-12H,1-2,4-7,9,18H2. The fourth-order valence-corrected chi connectivity index (χ4v) is 5.73. The average molecular weight is 364 g/mol. The minimum Gasteiger partial charge on any atom is -0.339 e. The molecule has 2 amide bonds. The number of hydrogen-bond donors (Lipinski definition) is 1. The molecule has 2 N–H and O–H groups in total. The van der Waals surface area contributed by atoms with Gasteiger partial charge in [0.2, 0.25) is 5.91 Å². The van der Waals surface area contributed by atoms with Gasteiger partial charge in [-0.25, -0.2) is 0 Å². The summed E-state index contributed by atoms with van der Waals surface area (Å²) in [4.78, 5) is 29.8. The SMILES string of the molecule is NC1CCC(C(=O)N2CCN(C(=O)c3cc4sccc4s3)CC2)C1. The van der Waals surface area contributed by atoms with Crippen molar-refractivity contribution in [1.82, 2.24) is 9.80 Å². The zero-order valence-electron chi connectivity index (χ0n) is 13.4. The van der Waals surface area contributed by atoms with E-state index in [1.54, 1.807) is 22.7 Å². The third kappa shape index (κ3) is 2.96. The largest absolute Gasteiger partial charge is 0.339 e. The highest BCUT2D eigenvalue weighted by atomic mass is 32.1. The second kappa shape index (κ2) is 6.46. The number of amides is 2. The van der Waals surface area contributed by atoms with Crippen LogP contribution in [0.15, 0.2) is 17.5 Å². The number of piperazine rings is 1. The molecule has 2 aromatic heterocycles. The highest BCUT2D eigenvalue weighted by molar-refractivity contribution is 7.27. The van der Waals surface area contributed by atoms with Crippen LogP contribution in [0.25, 0.3) is 9.40 Å². The molecule has 1 aliphatic heterocycles. The van der Waals surface area contributed by atoms with Crippen molar-refractivity contribution in [2.45, 2.75) is 25.3 Å². The summed E-state index contributed by atoms with van der Waals surface area (Å²) in [5.41, 5.74) is 5.92. The van der Waals surface area contributed by atoms with Crippen LogP contribution in [0.1, 0.15) is 28.9 Å². The predicted molar refractivity (Wildman–Crippen MR) is 97.5 cm³/mol. The number of rotatable bonds is 2. The van der Waals surface area contributed by atoms with Crippen LogP contribution in [0, 0.1) is 5.92 Å². The minimum atomic E-state index is 0.0892. The van der Waals surface area contributed by atoms with Crippen LogP contribution in [0.5, 0.6) is 0 Å². The molecule has 0 radical (unpaired) electrons. The summed E-state index contributed by atoms with van der Waals surface area (Å²) in [6.07, 6.45) is 2.67. The molecule has 5 nitrogen and oxygen atoms in total. The molecule has 3 heterocycles. The number of nitrogens with zero attached hydrogens (tertiary/aromatic N) is 2. The average Bonchev–Trinajstić information content (AvgIpc) is 3.29. The first-order chi connectivity index (χ1) is 11.6. The van der Waals surface area contributed by atoms with E-state index in [4.69, 9.17) is 5.73 Å². The fraction of sp³-hybridized carbons (Fsp3) is 0.529. The van der Waals surface area contributed by atoms with Gasteiger partial charge in [-0.15, -0.1) is 22.7 Å². The molecule has 2 unspecified atom stereocenters. The van der Waals surface area contributed by atoms with Gasteiger partial charge in [-0.2, -0.15) is 0 Å². The second-order valence-electron chi connectivity index (χ2n) is 6.65. The Labute approximate surface area is 149 Å². The quantitative estimate of drug-likeness (QED) is 0.891. The highest BCUT2D eigenvalue weighted by Gasteiger charge is 2.33. The molecule has 0 aromatic carbocycles. The maximum absolute atomic E-state index is 12.7. The van der Waals surface area contributed by atoms with Crippen LogP contribution in [-0.4, -0.2) is 53.8 Å². The zero-order valence-corrected chi connectivity index (χ0v) is 15.1. The van der Waals surface area contributed by atoms with E-state index in [1.807, 2.05) is 15.9 Å². The Balaban J connectivity index is 1.36.